The normalized spacial score (nSPS) is 21.7. The van der Waals surface area contributed by atoms with E-state index in [0.717, 1.165) is 6.42 Å². The van der Waals surface area contributed by atoms with Gasteiger partial charge < -0.3 is 10.8 Å². The molecular weight excluding hydrogens is 222 g/mol. The number of hydrogen-bond donors (Lipinski definition) is 2. The Morgan fingerprint density at radius 2 is 1.78 bits per heavy atom. The summed E-state index contributed by atoms with van der Waals surface area (Å²) in [6.07, 6.45) is 6.02. The molecule has 1 atom stereocenters. The predicted molar refractivity (Wildman–Crippen MR) is 75.5 cm³/mol. The highest BCUT2D eigenvalue weighted by molar-refractivity contribution is 5.26. The summed E-state index contributed by atoms with van der Waals surface area (Å²) >= 11 is 0. The van der Waals surface area contributed by atoms with E-state index in [0.29, 0.717) is 17.1 Å². The molecule has 0 aliphatic heterocycles. The van der Waals surface area contributed by atoms with Gasteiger partial charge in [0.15, 0.2) is 0 Å². The molecule has 0 spiro atoms. The molecule has 1 fully saturated rings. The zero-order valence-electron chi connectivity index (χ0n) is 11.5. The molecule has 0 aromatic heterocycles. The SMILES string of the molecule is CC1(C)CCC(C(N)Cc2ccc(O)cc2)CC1. The van der Waals surface area contributed by atoms with E-state index in [1.807, 2.05) is 12.1 Å². The van der Waals surface area contributed by atoms with E-state index < -0.39 is 0 Å². The van der Waals surface area contributed by atoms with Gasteiger partial charge in [-0.05, 0) is 61.1 Å². The van der Waals surface area contributed by atoms with Crippen molar-refractivity contribution < 1.29 is 5.11 Å². The van der Waals surface area contributed by atoms with E-state index in [1.165, 1.54) is 31.2 Å². The third-order valence-electron chi connectivity index (χ3n) is 4.40. The Morgan fingerprint density at radius 3 is 2.33 bits per heavy atom. The van der Waals surface area contributed by atoms with Crippen LogP contribution in [0.1, 0.15) is 45.1 Å². The van der Waals surface area contributed by atoms with Crippen LogP contribution in [0, 0.1) is 11.3 Å². The van der Waals surface area contributed by atoms with E-state index >= 15 is 0 Å². The van der Waals surface area contributed by atoms with Crippen LogP contribution in [0.15, 0.2) is 24.3 Å². The molecular formula is C16H25NO. The Kier molecular flexibility index (Phi) is 3.96. The summed E-state index contributed by atoms with van der Waals surface area (Å²) in [5, 5.41) is 9.27. The molecule has 1 unspecified atom stereocenters. The van der Waals surface area contributed by atoms with E-state index in [1.54, 1.807) is 12.1 Å². The van der Waals surface area contributed by atoms with E-state index in [2.05, 4.69) is 13.8 Å². The molecule has 0 heterocycles. The smallest absolute Gasteiger partial charge is 0.115 e. The van der Waals surface area contributed by atoms with Gasteiger partial charge in [0, 0.05) is 6.04 Å². The summed E-state index contributed by atoms with van der Waals surface area (Å²) in [6.45, 7) is 4.71. The minimum atomic E-state index is 0.255. The lowest BCUT2D eigenvalue weighted by Crippen LogP contribution is -2.36. The van der Waals surface area contributed by atoms with E-state index in [4.69, 9.17) is 5.73 Å². The van der Waals surface area contributed by atoms with Crippen molar-refractivity contribution in [3.63, 3.8) is 0 Å². The lowest BCUT2D eigenvalue weighted by molar-refractivity contribution is 0.173. The van der Waals surface area contributed by atoms with Gasteiger partial charge >= 0.3 is 0 Å². The minimum absolute atomic E-state index is 0.255. The Bertz CT molecular complexity index is 373. The van der Waals surface area contributed by atoms with Crippen molar-refractivity contribution in [3.05, 3.63) is 29.8 Å². The van der Waals surface area contributed by atoms with Gasteiger partial charge in [-0.25, -0.2) is 0 Å². The Morgan fingerprint density at radius 1 is 1.22 bits per heavy atom. The number of hydrogen-bond acceptors (Lipinski definition) is 2. The molecule has 0 bridgehead atoms. The van der Waals surface area contributed by atoms with Crippen LogP contribution in [0.5, 0.6) is 5.75 Å². The Balaban J connectivity index is 1.89. The third kappa shape index (κ3) is 3.49. The second-order valence-corrected chi connectivity index (χ2v) is 6.54. The van der Waals surface area contributed by atoms with Gasteiger partial charge in [0.25, 0.3) is 0 Å². The second kappa shape index (κ2) is 5.31. The fourth-order valence-corrected chi connectivity index (χ4v) is 2.92. The van der Waals surface area contributed by atoms with Gasteiger partial charge in [0.2, 0.25) is 0 Å². The van der Waals surface area contributed by atoms with Crippen LogP contribution in [0.4, 0.5) is 0 Å². The van der Waals surface area contributed by atoms with Crippen LogP contribution in [0.2, 0.25) is 0 Å². The molecule has 1 aliphatic rings. The summed E-state index contributed by atoms with van der Waals surface area (Å²) < 4.78 is 0. The molecule has 18 heavy (non-hydrogen) atoms. The standard InChI is InChI=1S/C16H25NO/c1-16(2)9-7-13(8-10-16)15(17)11-12-3-5-14(18)6-4-12/h3-6,13,15,18H,7-11,17H2,1-2H3. The van der Waals surface area contributed by atoms with Gasteiger partial charge in [-0.3, -0.25) is 0 Å². The number of nitrogens with two attached hydrogens (primary N) is 1. The first-order chi connectivity index (χ1) is 8.46. The van der Waals surface area contributed by atoms with Gasteiger partial charge in [-0.2, -0.15) is 0 Å². The van der Waals surface area contributed by atoms with Crippen molar-refractivity contribution in [2.45, 2.75) is 52.0 Å². The fraction of sp³-hybridized carbons (Fsp3) is 0.625. The predicted octanol–water partition coefficient (Wildman–Crippen LogP) is 3.48. The van der Waals surface area contributed by atoms with Crippen LogP contribution in [0.3, 0.4) is 0 Å². The van der Waals surface area contributed by atoms with Crippen molar-refractivity contribution in [3.8, 4) is 5.75 Å². The topological polar surface area (TPSA) is 46.2 Å². The Labute approximate surface area is 110 Å². The highest BCUT2D eigenvalue weighted by Crippen LogP contribution is 2.39. The molecule has 1 aromatic rings. The molecule has 2 nitrogen and oxygen atoms in total. The zero-order valence-corrected chi connectivity index (χ0v) is 11.5. The Hall–Kier alpha value is -1.02. The zero-order chi connectivity index (χ0) is 13.2. The molecule has 0 radical (unpaired) electrons. The minimum Gasteiger partial charge on any atom is -0.508 e. The molecule has 0 amide bonds. The molecule has 2 rings (SSSR count). The van der Waals surface area contributed by atoms with Crippen molar-refractivity contribution in [1.82, 2.24) is 0 Å². The first kappa shape index (κ1) is 13.4. The fourth-order valence-electron chi connectivity index (χ4n) is 2.92. The molecule has 1 aliphatic carbocycles. The van der Waals surface area contributed by atoms with Gasteiger partial charge in [0.1, 0.15) is 5.75 Å². The van der Waals surface area contributed by atoms with Crippen LogP contribution < -0.4 is 5.73 Å². The lowest BCUT2D eigenvalue weighted by Gasteiger charge is -2.36. The third-order valence-corrected chi connectivity index (χ3v) is 4.40. The first-order valence-corrected chi connectivity index (χ1v) is 7.00. The van der Waals surface area contributed by atoms with Gasteiger partial charge in [-0.1, -0.05) is 26.0 Å². The first-order valence-electron chi connectivity index (χ1n) is 7.00. The van der Waals surface area contributed by atoms with Gasteiger partial charge in [0.05, 0.1) is 0 Å². The molecule has 100 valence electrons. The monoisotopic (exact) mass is 247 g/mol. The highest BCUT2D eigenvalue weighted by Gasteiger charge is 2.29. The highest BCUT2D eigenvalue weighted by atomic mass is 16.3. The van der Waals surface area contributed by atoms with E-state index in [-0.39, 0.29) is 6.04 Å². The van der Waals surface area contributed by atoms with Crippen LogP contribution in [0.25, 0.3) is 0 Å². The number of aromatic hydroxyl groups is 1. The van der Waals surface area contributed by atoms with Crippen LogP contribution in [-0.2, 0) is 6.42 Å². The number of benzene rings is 1. The molecule has 2 heteroatoms. The average Bonchev–Trinajstić information content (AvgIpc) is 2.32. The molecule has 0 saturated heterocycles. The summed E-state index contributed by atoms with van der Waals surface area (Å²) in [6, 6.07) is 7.69. The maximum Gasteiger partial charge on any atom is 0.115 e. The summed E-state index contributed by atoms with van der Waals surface area (Å²) in [4.78, 5) is 0. The molecule has 1 aromatic carbocycles. The van der Waals surface area contributed by atoms with Crippen LogP contribution >= 0.6 is 0 Å². The maximum atomic E-state index is 9.27. The van der Waals surface area contributed by atoms with Crippen molar-refractivity contribution in [2.24, 2.45) is 17.1 Å². The summed E-state index contributed by atoms with van der Waals surface area (Å²) in [7, 11) is 0. The summed E-state index contributed by atoms with van der Waals surface area (Å²) in [5.74, 6) is 0.985. The van der Waals surface area contributed by atoms with Crippen LogP contribution in [-0.4, -0.2) is 11.1 Å². The van der Waals surface area contributed by atoms with Gasteiger partial charge in [-0.15, -0.1) is 0 Å². The van der Waals surface area contributed by atoms with Crippen molar-refractivity contribution in [1.29, 1.82) is 0 Å². The quantitative estimate of drug-likeness (QED) is 0.859. The number of phenolic OH excluding ortho intramolecular Hbond substituents is 1. The maximum absolute atomic E-state index is 9.27. The molecule has 3 N–H and O–H groups in total. The summed E-state index contributed by atoms with van der Waals surface area (Å²) in [5.41, 5.74) is 8.08. The second-order valence-electron chi connectivity index (χ2n) is 6.54. The average molecular weight is 247 g/mol. The number of phenols is 1. The number of rotatable bonds is 3. The van der Waals surface area contributed by atoms with Crippen molar-refractivity contribution >= 4 is 0 Å². The lowest BCUT2D eigenvalue weighted by atomic mass is 9.70. The largest absolute Gasteiger partial charge is 0.508 e. The van der Waals surface area contributed by atoms with E-state index in [9.17, 15) is 5.11 Å². The molecule has 1 saturated carbocycles. The van der Waals surface area contributed by atoms with Crippen molar-refractivity contribution in [2.75, 3.05) is 0 Å².